The Kier molecular flexibility index (Phi) is 8.87. The summed E-state index contributed by atoms with van der Waals surface area (Å²) in [6.45, 7) is 2.54. The highest BCUT2D eigenvalue weighted by molar-refractivity contribution is 7.79. The van der Waals surface area contributed by atoms with Crippen molar-refractivity contribution in [2.75, 3.05) is 12.4 Å². The molecule has 0 aliphatic rings. The lowest BCUT2D eigenvalue weighted by Crippen LogP contribution is -2.09. The number of carbonyl (C=O) groups is 1. The Bertz CT molecular complexity index is 182. The summed E-state index contributed by atoms with van der Waals surface area (Å²) in [4.78, 5) is 10.9. The molecule has 0 bridgehead atoms. The van der Waals surface area contributed by atoms with Crippen LogP contribution in [0.1, 0.15) is 39.0 Å². The van der Waals surface area contributed by atoms with E-state index in [0.717, 1.165) is 25.7 Å². The van der Waals surface area contributed by atoms with E-state index in [9.17, 15) is 9.00 Å². The molecule has 0 aliphatic carbocycles. The molecule has 0 aromatic rings. The normalized spacial score (nSPS) is 12.4. The molecule has 5 heteroatoms. The first-order valence-corrected chi connectivity index (χ1v) is 6.17. The number of hydrogen-bond donors (Lipinski definition) is 1. The van der Waals surface area contributed by atoms with Crippen LogP contribution >= 0.6 is 0 Å². The van der Waals surface area contributed by atoms with Crippen molar-refractivity contribution in [2.45, 2.75) is 39.0 Å². The molecule has 0 amide bonds. The lowest BCUT2D eigenvalue weighted by Gasteiger charge is -2.02. The van der Waals surface area contributed by atoms with E-state index < -0.39 is 11.1 Å². The van der Waals surface area contributed by atoms with Gasteiger partial charge in [0.25, 0.3) is 0 Å². The maximum atomic E-state index is 10.9. The fourth-order valence-electron chi connectivity index (χ4n) is 0.958. The molecule has 1 atom stereocenters. The third kappa shape index (κ3) is 9.67. The molecule has 1 unspecified atom stereocenters. The molecule has 4 nitrogen and oxygen atoms in total. The van der Waals surface area contributed by atoms with Crippen LogP contribution < -0.4 is 0 Å². The summed E-state index contributed by atoms with van der Waals surface area (Å²) in [6, 6.07) is 0. The van der Waals surface area contributed by atoms with Crippen molar-refractivity contribution in [1.82, 2.24) is 0 Å². The van der Waals surface area contributed by atoms with Crippen LogP contribution in [0.5, 0.6) is 0 Å². The minimum atomic E-state index is -1.90. The van der Waals surface area contributed by atoms with Crippen molar-refractivity contribution in [3.63, 3.8) is 0 Å². The third-order valence-corrected chi connectivity index (χ3v) is 2.30. The molecule has 84 valence electrons. The van der Waals surface area contributed by atoms with Crippen LogP contribution in [-0.2, 0) is 20.6 Å². The van der Waals surface area contributed by atoms with Gasteiger partial charge < -0.3 is 9.29 Å². The first-order chi connectivity index (χ1) is 6.66. The second-order valence-electron chi connectivity index (χ2n) is 3.06. The maximum absolute atomic E-state index is 10.9. The zero-order chi connectivity index (χ0) is 10.8. The van der Waals surface area contributed by atoms with Gasteiger partial charge in [-0.15, -0.1) is 0 Å². The largest absolute Gasteiger partial charge is 0.466 e. The highest BCUT2D eigenvalue weighted by Crippen LogP contribution is 1.99. The zero-order valence-electron chi connectivity index (χ0n) is 8.53. The third-order valence-electron chi connectivity index (χ3n) is 1.74. The number of rotatable bonds is 8. The molecule has 0 heterocycles. The summed E-state index contributed by atoms with van der Waals surface area (Å²) in [5.41, 5.74) is 0. The average molecular weight is 222 g/mol. The van der Waals surface area contributed by atoms with E-state index in [-0.39, 0.29) is 18.1 Å². The SMILES string of the molecule is CCCCCCOC(=O)CCS(=O)O. The number of unbranched alkanes of at least 4 members (excludes halogenated alkanes) is 3. The summed E-state index contributed by atoms with van der Waals surface area (Å²) in [5.74, 6) is -0.419. The molecule has 0 spiro atoms. The highest BCUT2D eigenvalue weighted by atomic mass is 32.2. The monoisotopic (exact) mass is 222 g/mol. The van der Waals surface area contributed by atoms with Gasteiger partial charge in [-0.05, 0) is 6.42 Å². The number of esters is 1. The Labute approximate surface area is 87.3 Å². The van der Waals surface area contributed by atoms with Gasteiger partial charge in [0.15, 0.2) is 11.1 Å². The Morgan fingerprint density at radius 1 is 1.36 bits per heavy atom. The lowest BCUT2D eigenvalue weighted by molar-refractivity contribution is -0.143. The fourth-order valence-corrected chi connectivity index (χ4v) is 1.30. The second-order valence-corrected chi connectivity index (χ2v) is 4.11. The van der Waals surface area contributed by atoms with Gasteiger partial charge in [-0.25, -0.2) is 4.21 Å². The van der Waals surface area contributed by atoms with Crippen LogP contribution in [-0.4, -0.2) is 27.1 Å². The molecule has 0 radical (unpaired) electrons. The van der Waals surface area contributed by atoms with Crippen molar-refractivity contribution < 1.29 is 18.3 Å². The minimum absolute atomic E-state index is 0.0247. The predicted molar refractivity (Wildman–Crippen MR) is 55.4 cm³/mol. The van der Waals surface area contributed by atoms with E-state index in [1.807, 2.05) is 0 Å². The predicted octanol–water partition coefficient (Wildman–Crippen LogP) is 1.72. The van der Waals surface area contributed by atoms with E-state index in [1.54, 1.807) is 0 Å². The lowest BCUT2D eigenvalue weighted by atomic mass is 10.2. The van der Waals surface area contributed by atoms with Gasteiger partial charge in [0.05, 0.1) is 18.8 Å². The van der Waals surface area contributed by atoms with Gasteiger partial charge >= 0.3 is 5.97 Å². The average Bonchev–Trinajstić information content (AvgIpc) is 2.14. The fraction of sp³-hybridized carbons (Fsp3) is 0.889. The Hall–Kier alpha value is -0.420. The Balaban J connectivity index is 3.22. The molecule has 0 rings (SSSR count). The standard InChI is InChI=1S/C9H18O4S/c1-2-3-4-5-7-13-9(10)6-8-14(11)12/h2-8H2,1H3,(H,11,12). The van der Waals surface area contributed by atoms with E-state index in [4.69, 9.17) is 9.29 Å². The number of ether oxygens (including phenoxy) is 1. The van der Waals surface area contributed by atoms with Gasteiger partial charge in [0, 0.05) is 0 Å². The summed E-state index contributed by atoms with van der Waals surface area (Å²) in [5, 5.41) is 0. The maximum Gasteiger partial charge on any atom is 0.306 e. The van der Waals surface area contributed by atoms with Crippen molar-refractivity contribution in [2.24, 2.45) is 0 Å². The van der Waals surface area contributed by atoms with E-state index in [2.05, 4.69) is 6.92 Å². The zero-order valence-corrected chi connectivity index (χ0v) is 9.35. The van der Waals surface area contributed by atoms with Crippen LogP contribution in [0.3, 0.4) is 0 Å². The number of hydrogen-bond acceptors (Lipinski definition) is 3. The van der Waals surface area contributed by atoms with Gasteiger partial charge in [-0.1, -0.05) is 26.2 Å². The summed E-state index contributed by atoms with van der Waals surface area (Å²) in [7, 11) is 0. The van der Waals surface area contributed by atoms with Crippen LogP contribution in [0.15, 0.2) is 0 Å². The van der Waals surface area contributed by atoms with Crippen molar-refractivity contribution in [3.8, 4) is 0 Å². The van der Waals surface area contributed by atoms with Gasteiger partial charge in [0.1, 0.15) is 0 Å². The molecule has 0 aromatic heterocycles. The molecule has 14 heavy (non-hydrogen) atoms. The van der Waals surface area contributed by atoms with Gasteiger partial charge in [-0.2, -0.15) is 0 Å². The minimum Gasteiger partial charge on any atom is -0.466 e. The van der Waals surface area contributed by atoms with Crippen molar-refractivity contribution in [1.29, 1.82) is 0 Å². The van der Waals surface area contributed by atoms with E-state index in [0.29, 0.717) is 6.61 Å². The second kappa shape index (κ2) is 9.15. The molecule has 0 aliphatic heterocycles. The summed E-state index contributed by atoms with van der Waals surface area (Å²) < 4.78 is 23.5. The van der Waals surface area contributed by atoms with Gasteiger partial charge in [0.2, 0.25) is 0 Å². The molecular weight excluding hydrogens is 204 g/mol. The van der Waals surface area contributed by atoms with Gasteiger partial charge in [-0.3, -0.25) is 4.79 Å². The molecule has 1 N–H and O–H groups in total. The smallest absolute Gasteiger partial charge is 0.306 e. The van der Waals surface area contributed by atoms with Crippen molar-refractivity contribution >= 4 is 17.0 Å². The van der Waals surface area contributed by atoms with Crippen LogP contribution in [0, 0.1) is 0 Å². The molecular formula is C9H18O4S. The van der Waals surface area contributed by atoms with Crippen molar-refractivity contribution in [3.05, 3.63) is 0 Å². The molecule has 0 aromatic carbocycles. The Morgan fingerprint density at radius 3 is 2.64 bits per heavy atom. The van der Waals surface area contributed by atoms with Crippen LogP contribution in [0.2, 0.25) is 0 Å². The molecule has 0 saturated carbocycles. The quantitative estimate of drug-likeness (QED) is 0.386. The summed E-state index contributed by atoms with van der Waals surface area (Å²) in [6.07, 6.45) is 4.27. The molecule has 0 saturated heterocycles. The first kappa shape index (κ1) is 13.6. The van der Waals surface area contributed by atoms with E-state index in [1.165, 1.54) is 0 Å². The van der Waals surface area contributed by atoms with Crippen LogP contribution in [0.4, 0.5) is 0 Å². The van der Waals surface area contributed by atoms with E-state index >= 15 is 0 Å². The molecule has 0 fully saturated rings. The Morgan fingerprint density at radius 2 is 2.07 bits per heavy atom. The highest BCUT2D eigenvalue weighted by Gasteiger charge is 2.04. The summed E-state index contributed by atoms with van der Waals surface area (Å²) >= 11 is -1.90. The first-order valence-electron chi connectivity index (χ1n) is 4.90. The van der Waals surface area contributed by atoms with Crippen LogP contribution in [0.25, 0.3) is 0 Å². The number of carbonyl (C=O) groups excluding carboxylic acids is 1. The topological polar surface area (TPSA) is 63.6 Å².